The molecule has 1 atom stereocenters. The Morgan fingerprint density at radius 3 is 2.63 bits per heavy atom. The highest BCUT2D eigenvalue weighted by Crippen LogP contribution is 2.41. The summed E-state index contributed by atoms with van der Waals surface area (Å²) in [5.41, 5.74) is 2.87. The second-order valence-corrected chi connectivity index (χ2v) is 9.49. The maximum Gasteiger partial charge on any atom is 0.325 e. The summed E-state index contributed by atoms with van der Waals surface area (Å²) >= 11 is 5.98. The lowest BCUT2D eigenvalue weighted by Gasteiger charge is -2.33. The van der Waals surface area contributed by atoms with Crippen molar-refractivity contribution in [2.45, 2.75) is 38.8 Å². The van der Waals surface area contributed by atoms with Crippen molar-refractivity contribution in [3.8, 4) is 5.75 Å². The molecule has 0 saturated carbocycles. The Balaban J connectivity index is 1.34. The van der Waals surface area contributed by atoms with Crippen molar-refractivity contribution in [2.24, 2.45) is 0 Å². The van der Waals surface area contributed by atoms with Gasteiger partial charge in [0.05, 0.1) is 13.2 Å². The number of nitrogens with zero attached hydrogens (tertiary/aromatic N) is 2. The molecule has 2 aliphatic heterocycles. The zero-order valence-electron chi connectivity index (χ0n) is 19.6. The number of carbonyl (C=O) groups excluding carboxylic acids is 3. The normalized spacial score (nSPS) is 19.0. The van der Waals surface area contributed by atoms with Gasteiger partial charge in [-0.1, -0.05) is 41.9 Å². The van der Waals surface area contributed by atoms with E-state index in [1.807, 2.05) is 50.2 Å². The number of ketones is 1. The lowest BCUT2D eigenvalue weighted by Crippen LogP contribution is -2.47. The van der Waals surface area contributed by atoms with E-state index in [9.17, 15) is 14.4 Å². The summed E-state index contributed by atoms with van der Waals surface area (Å²) in [7, 11) is 0. The van der Waals surface area contributed by atoms with Crippen LogP contribution in [-0.2, 0) is 23.3 Å². The molecule has 1 N–H and O–H groups in total. The minimum absolute atomic E-state index is 0.267. The number of hydrogen-bond donors (Lipinski definition) is 1. The predicted molar refractivity (Wildman–Crippen MR) is 132 cm³/mol. The summed E-state index contributed by atoms with van der Waals surface area (Å²) in [5, 5.41) is 3.54. The van der Waals surface area contributed by atoms with E-state index in [0.717, 1.165) is 28.3 Å². The second kappa shape index (κ2) is 8.89. The molecule has 3 heterocycles. The number of rotatable bonds is 6. The van der Waals surface area contributed by atoms with Crippen molar-refractivity contribution in [3.05, 3.63) is 87.7 Å². The number of fused-ring (bicyclic) bond motifs is 2. The van der Waals surface area contributed by atoms with Crippen LogP contribution in [0.1, 0.15) is 39.3 Å². The Kier molecular flexibility index (Phi) is 5.89. The molecule has 1 spiro atoms. The first-order valence-corrected chi connectivity index (χ1v) is 12.0. The Labute approximate surface area is 208 Å². The number of ether oxygens (including phenoxy) is 1. The van der Waals surface area contributed by atoms with Crippen molar-refractivity contribution in [2.75, 3.05) is 13.2 Å². The predicted octanol–water partition coefficient (Wildman–Crippen LogP) is 4.41. The van der Waals surface area contributed by atoms with E-state index in [1.165, 1.54) is 0 Å². The van der Waals surface area contributed by atoms with Crippen LogP contribution in [0.4, 0.5) is 4.79 Å². The molecule has 2 aliphatic rings. The number of aromatic nitrogens is 1. The van der Waals surface area contributed by atoms with Gasteiger partial charge in [-0.2, -0.15) is 0 Å². The number of hydrogen-bond acceptors (Lipinski definition) is 4. The molecule has 3 amide bonds. The first-order chi connectivity index (χ1) is 16.8. The number of carbonyl (C=O) groups is 3. The molecule has 1 unspecified atom stereocenters. The number of nitrogens with one attached hydrogen (secondary N) is 1. The lowest BCUT2D eigenvalue weighted by molar-refractivity contribution is -0.132. The highest BCUT2D eigenvalue weighted by molar-refractivity contribution is 6.30. The van der Waals surface area contributed by atoms with Gasteiger partial charge in [0.1, 0.15) is 5.75 Å². The van der Waals surface area contributed by atoms with Gasteiger partial charge in [0.2, 0.25) is 0 Å². The summed E-state index contributed by atoms with van der Waals surface area (Å²) in [4.78, 5) is 40.7. The molecule has 35 heavy (non-hydrogen) atoms. The largest absolute Gasteiger partial charge is 0.493 e. The first-order valence-electron chi connectivity index (χ1n) is 11.6. The average Bonchev–Trinajstić information content (AvgIpc) is 3.26. The van der Waals surface area contributed by atoms with Crippen LogP contribution < -0.4 is 10.1 Å². The SMILES string of the molecule is Cc1cc(C(=O)CN2C(=O)NC3(CCOc4ccccc43)C2=O)c(C)n1CCc1ccc(Cl)cc1. The number of halogens is 1. The van der Waals surface area contributed by atoms with Crippen LogP contribution in [0.2, 0.25) is 5.02 Å². The molecule has 1 saturated heterocycles. The zero-order valence-corrected chi connectivity index (χ0v) is 20.4. The van der Waals surface area contributed by atoms with E-state index in [-0.39, 0.29) is 12.3 Å². The van der Waals surface area contributed by atoms with Crippen molar-refractivity contribution >= 4 is 29.3 Å². The van der Waals surface area contributed by atoms with Crippen molar-refractivity contribution in [3.63, 3.8) is 0 Å². The van der Waals surface area contributed by atoms with Gasteiger partial charge in [-0.15, -0.1) is 0 Å². The van der Waals surface area contributed by atoms with E-state index in [0.29, 0.717) is 41.5 Å². The van der Waals surface area contributed by atoms with Crippen molar-refractivity contribution in [1.29, 1.82) is 0 Å². The number of urea groups is 1. The fourth-order valence-electron chi connectivity index (χ4n) is 5.06. The summed E-state index contributed by atoms with van der Waals surface area (Å²) in [6.45, 7) is 4.55. The topological polar surface area (TPSA) is 80.6 Å². The summed E-state index contributed by atoms with van der Waals surface area (Å²) in [5.74, 6) is -0.107. The fraction of sp³-hybridized carbons (Fsp3) is 0.296. The van der Waals surface area contributed by atoms with E-state index < -0.39 is 17.5 Å². The Morgan fingerprint density at radius 1 is 1.11 bits per heavy atom. The quantitative estimate of drug-likeness (QED) is 0.409. The summed E-state index contributed by atoms with van der Waals surface area (Å²) in [6, 6.07) is 16.2. The lowest BCUT2D eigenvalue weighted by atomic mass is 9.84. The van der Waals surface area contributed by atoms with Gasteiger partial charge in [0, 0.05) is 40.5 Å². The van der Waals surface area contributed by atoms with Gasteiger partial charge in [0.25, 0.3) is 5.91 Å². The van der Waals surface area contributed by atoms with Crippen LogP contribution in [0.15, 0.2) is 54.6 Å². The third-order valence-corrected chi connectivity index (χ3v) is 7.22. The van der Waals surface area contributed by atoms with Crippen LogP contribution in [0.25, 0.3) is 0 Å². The maximum absolute atomic E-state index is 13.5. The number of imide groups is 1. The molecule has 2 aromatic carbocycles. The first kappa shape index (κ1) is 23.2. The van der Waals surface area contributed by atoms with Gasteiger partial charge in [-0.25, -0.2) is 4.79 Å². The molecule has 1 aromatic heterocycles. The van der Waals surface area contributed by atoms with Gasteiger partial charge in [-0.05, 0) is 50.1 Å². The monoisotopic (exact) mass is 491 g/mol. The smallest absolute Gasteiger partial charge is 0.325 e. The highest BCUT2D eigenvalue weighted by Gasteiger charge is 2.55. The summed E-state index contributed by atoms with van der Waals surface area (Å²) in [6.07, 6.45) is 1.11. The minimum atomic E-state index is -1.19. The molecule has 5 rings (SSSR count). The van der Waals surface area contributed by atoms with Gasteiger partial charge in [-0.3, -0.25) is 14.5 Å². The molecule has 1 fully saturated rings. The van der Waals surface area contributed by atoms with Crippen LogP contribution in [0.3, 0.4) is 0 Å². The Hall–Kier alpha value is -3.58. The van der Waals surface area contributed by atoms with Gasteiger partial charge in [0.15, 0.2) is 11.3 Å². The van der Waals surface area contributed by atoms with Crippen LogP contribution in [-0.4, -0.2) is 40.3 Å². The van der Waals surface area contributed by atoms with E-state index in [4.69, 9.17) is 16.3 Å². The molecule has 0 bridgehead atoms. The maximum atomic E-state index is 13.5. The van der Waals surface area contributed by atoms with E-state index in [1.54, 1.807) is 18.2 Å². The third kappa shape index (κ3) is 4.00. The van der Waals surface area contributed by atoms with Gasteiger partial charge < -0.3 is 14.6 Å². The van der Waals surface area contributed by atoms with Crippen molar-refractivity contribution in [1.82, 2.24) is 14.8 Å². The highest BCUT2D eigenvalue weighted by atomic mass is 35.5. The third-order valence-electron chi connectivity index (χ3n) is 6.97. The van der Waals surface area contributed by atoms with Crippen LogP contribution >= 0.6 is 11.6 Å². The molecule has 0 aliphatic carbocycles. The molecule has 7 nitrogen and oxygen atoms in total. The second-order valence-electron chi connectivity index (χ2n) is 9.06. The van der Waals surface area contributed by atoms with Crippen LogP contribution in [0, 0.1) is 13.8 Å². The Morgan fingerprint density at radius 2 is 1.86 bits per heavy atom. The van der Waals surface area contributed by atoms with Crippen LogP contribution in [0.5, 0.6) is 5.75 Å². The average molecular weight is 492 g/mol. The number of para-hydroxylation sites is 1. The van der Waals surface area contributed by atoms with E-state index in [2.05, 4.69) is 9.88 Å². The minimum Gasteiger partial charge on any atom is -0.493 e. The molecule has 3 aromatic rings. The molecule has 8 heteroatoms. The fourth-order valence-corrected chi connectivity index (χ4v) is 5.19. The van der Waals surface area contributed by atoms with E-state index >= 15 is 0 Å². The number of amides is 3. The molecular weight excluding hydrogens is 466 g/mol. The van der Waals surface area contributed by atoms with Crippen molar-refractivity contribution < 1.29 is 19.1 Å². The van der Waals surface area contributed by atoms with Gasteiger partial charge >= 0.3 is 6.03 Å². The number of aryl methyl sites for hydroxylation is 2. The molecule has 0 radical (unpaired) electrons. The molecular formula is C27H26ClN3O4. The standard InChI is InChI=1S/C27H26ClN3O4/c1-17-15-21(18(2)30(17)13-11-19-7-9-20(28)10-8-19)23(32)16-31-25(33)27(29-26(31)34)12-14-35-24-6-4-3-5-22(24)27/h3-10,15H,11-14,16H2,1-2H3,(H,29,34). The Bertz CT molecular complexity index is 1330. The number of Topliss-reactive ketones (excluding diaryl/α,β-unsaturated/α-hetero) is 1. The zero-order chi connectivity index (χ0) is 24.7. The number of benzene rings is 2. The molecule has 180 valence electrons. The summed E-state index contributed by atoms with van der Waals surface area (Å²) < 4.78 is 7.76.